The molecule has 1 aliphatic rings. The molecule has 38 valence electrons. The molecule has 0 aliphatic carbocycles. The lowest BCUT2D eigenvalue weighted by Crippen LogP contribution is -2.11. The van der Waals surface area contributed by atoms with Crippen LogP contribution in [-0.2, 0) is 12.4 Å². The minimum atomic E-state index is 0.843. The fourth-order valence-electron chi connectivity index (χ4n) is 0.502. The van der Waals surface area contributed by atoms with E-state index in [-0.39, 0.29) is 0 Å². The predicted molar refractivity (Wildman–Crippen MR) is 29.4 cm³/mol. The summed E-state index contributed by atoms with van der Waals surface area (Å²) >= 11 is 4.78. The minimum Gasteiger partial charge on any atom is -0.319 e. The van der Waals surface area contributed by atoms with E-state index in [1.165, 1.54) is 0 Å². The quantitative estimate of drug-likeness (QED) is 0.413. The van der Waals surface area contributed by atoms with Crippen LogP contribution in [0.3, 0.4) is 0 Å². The maximum Gasteiger partial charge on any atom is 0.271 e. The summed E-state index contributed by atoms with van der Waals surface area (Å²) in [7, 11) is 1.99. The highest BCUT2D eigenvalue weighted by atomic mass is 32.1. The molecule has 0 saturated carbocycles. The monoisotopic (exact) mass is 115 g/mol. The zero-order valence-corrected chi connectivity index (χ0v) is 4.98. The zero-order valence-electron chi connectivity index (χ0n) is 4.16. The summed E-state index contributed by atoms with van der Waals surface area (Å²) in [6.45, 7) is 0.843. The average Bonchev–Trinajstić information content (AvgIpc) is 1.87. The first-order chi connectivity index (χ1) is 3.29. The smallest absolute Gasteiger partial charge is 0.271 e. The normalized spacial score (nSPS) is 19.0. The second-order valence-electron chi connectivity index (χ2n) is 1.61. The molecule has 1 heterocycles. The first-order valence-corrected chi connectivity index (χ1v) is 2.48. The molecule has 0 N–H and O–H groups in total. The van der Waals surface area contributed by atoms with Gasteiger partial charge in [0.05, 0.1) is 6.20 Å². The van der Waals surface area contributed by atoms with E-state index in [9.17, 15) is 0 Å². The van der Waals surface area contributed by atoms with E-state index in [0.717, 1.165) is 6.67 Å². The molecule has 1 aliphatic heterocycles. The number of nitrogens with zero attached hydrogens (tertiary/aromatic N) is 2. The van der Waals surface area contributed by atoms with Gasteiger partial charge in [-0.15, -0.1) is 3.95 Å². The van der Waals surface area contributed by atoms with Crippen LogP contribution in [0.5, 0.6) is 0 Å². The van der Waals surface area contributed by atoms with Gasteiger partial charge in [0.2, 0.25) is 12.9 Å². The van der Waals surface area contributed by atoms with Crippen molar-refractivity contribution < 1.29 is 3.95 Å². The standard InChI is InChI=1S/C4H7N2S/c1-5-2-3-6(7)4-5/h2-3H,4H2,1H3/q+1. The van der Waals surface area contributed by atoms with Crippen molar-refractivity contribution in [3.63, 3.8) is 0 Å². The van der Waals surface area contributed by atoms with Crippen molar-refractivity contribution in [2.45, 2.75) is 0 Å². The predicted octanol–water partition coefficient (Wildman–Crippen LogP) is 0.104. The molecule has 0 aromatic rings. The molecule has 0 aromatic carbocycles. The Morgan fingerprint density at radius 3 is 2.71 bits per heavy atom. The molecule has 0 saturated heterocycles. The third kappa shape index (κ3) is 0.962. The SMILES string of the molecule is CN1C=C[N+](=S)C1. The lowest BCUT2D eigenvalue weighted by Gasteiger charge is -1.96. The Morgan fingerprint density at radius 2 is 2.57 bits per heavy atom. The Labute approximate surface area is 48.2 Å². The lowest BCUT2D eigenvalue weighted by atomic mass is 10.9. The van der Waals surface area contributed by atoms with Crippen molar-refractivity contribution >= 4 is 12.4 Å². The first-order valence-electron chi connectivity index (χ1n) is 2.11. The molecule has 0 bridgehead atoms. The first kappa shape index (κ1) is 4.71. The highest BCUT2D eigenvalue weighted by Crippen LogP contribution is 1.93. The van der Waals surface area contributed by atoms with Gasteiger partial charge in [0, 0.05) is 7.05 Å². The van der Waals surface area contributed by atoms with Crippen LogP contribution in [0.1, 0.15) is 0 Å². The third-order valence-electron chi connectivity index (χ3n) is 0.850. The van der Waals surface area contributed by atoms with E-state index in [2.05, 4.69) is 0 Å². The van der Waals surface area contributed by atoms with Crippen LogP contribution in [0.2, 0.25) is 0 Å². The topological polar surface area (TPSA) is 6.25 Å². The van der Waals surface area contributed by atoms with Gasteiger partial charge in [0.25, 0.3) is 12.4 Å². The summed E-state index contributed by atoms with van der Waals surface area (Å²) in [5, 5.41) is 0. The molecule has 0 spiro atoms. The van der Waals surface area contributed by atoms with Crippen molar-refractivity contribution in [2.75, 3.05) is 13.7 Å². The van der Waals surface area contributed by atoms with Gasteiger partial charge in [-0.05, 0) is 0 Å². The summed E-state index contributed by atoms with van der Waals surface area (Å²) in [4.78, 5) is 2.02. The van der Waals surface area contributed by atoms with Gasteiger partial charge in [-0.3, -0.25) is 0 Å². The fourth-order valence-corrected chi connectivity index (χ4v) is 0.739. The van der Waals surface area contributed by atoms with E-state index in [4.69, 9.17) is 12.4 Å². The van der Waals surface area contributed by atoms with E-state index >= 15 is 0 Å². The summed E-state index contributed by atoms with van der Waals surface area (Å²) in [5.41, 5.74) is 0. The maximum absolute atomic E-state index is 4.78. The number of rotatable bonds is 0. The molecule has 3 heteroatoms. The maximum atomic E-state index is 4.78. The molecular weight excluding hydrogens is 108 g/mol. The van der Waals surface area contributed by atoms with Gasteiger partial charge in [-0.25, -0.2) is 0 Å². The van der Waals surface area contributed by atoms with Crippen molar-refractivity contribution in [3.05, 3.63) is 12.4 Å². The molecule has 2 nitrogen and oxygen atoms in total. The molecule has 0 aromatic heterocycles. The van der Waals surface area contributed by atoms with Crippen molar-refractivity contribution in [2.24, 2.45) is 0 Å². The molecule has 0 amide bonds. The Balaban J connectivity index is 2.58. The second-order valence-corrected chi connectivity index (χ2v) is 2.08. The van der Waals surface area contributed by atoms with Gasteiger partial charge < -0.3 is 4.90 Å². The molecule has 0 unspecified atom stereocenters. The second kappa shape index (κ2) is 1.58. The Bertz CT molecular complexity index is 119. The Kier molecular flexibility index (Phi) is 1.06. The van der Waals surface area contributed by atoms with Crippen LogP contribution in [-0.4, -0.2) is 22.6 Å². The highest BCUT2D eigenvalue weighted by Gasteiger charge is 2.08. The van der Waals surface area contributed by atoms with Crippen LogP contribution in [0.15, 0.2) is 12.4 Å². The van der Waals surface area contributed by atoms with Gasteiger partial charge in [0.15, 0.2) is 0 Å². The van der Waals surface area contributed by atoms with Crippen LogP contribution in [0.4, 0.5) is 0 Å². The van der Waals surface area contributed by atoms with Gasteiger partial charge in [-0.2, -0.15) is 0 Å². The molecule has 0 atom stereocenters. The largest absolute Gasteiger partial charge is 0.319 e. The van der Waals surface area contributed by atoms with Crippen molar-refractivity contribution in [1.82, 2.24) is 4.90 Å². The summed E-state index contributed by atoms with van der Waals surface area (Å²) in [6.07, 6.45) is 3.82. The van der Waals surface area contributed by atoms with Gasteiger partial charge in [-0.1, -0.05) is 0 Å². The zero-order chi connectivity index (χ0) is 5.28. The van der Waals surface area contributed by atoms with Crippen LogP contribution in [0.25, 0.3) is 0 Å². The average molecular weight is 115 g/mol. The third-order valence-corrected chi connectivity index (χ3v) is 1.09. The van der Waals surface area contributed by atoms with Gasteiger partial charge >= 0.3 is 0 Å². The van der Waals surface area contributed by atoms with E-state index in [1.54, 1.807) is 3.95 Å². The summed E-state index contributed by atoms with van der Waals surface area (Å²) in [5.74, 6) is 0. The Hall–Kier alpha value is -0.440. The molecule has 1 rings (SSSR count). The fraction of sp³-hybridized carbons (Fsp3) is 0.500. The van der Waals surface area contributed by atoms with E-state index in [1.807, 2.05) is 24.3 Å². The van der Waals surface area contributed by atoms with Crippen LogP contribution in [0, 0.1) is 0 Å². The van der Waals surface area contributed by atoms with Crippen molar-refractivity contribution in [1.29, 1.82) is 0 Å². The molecule has 0 radical (unpaired) electrons. The Morgan fingerprint density at radius 1 is 1.86 bits per heavy atom. The van der Waals surface area contributed by atoms with Gasteiger partial charge in [0.1, 0.15) is 0 Å². The molecule has 7 heavy (non-hydrogen) atoms. The van der Waals surface area contributed by atoms with Crippen molar-refractivity contribution in [3.8, 4) is 0 Å². The van der Waals surface area contributed by atoms with Crippen LogP contribution >= 0.6 is 0 Å². The summed E-state index contributed by atoms with van der Waals surface area (Å²) < 4.78 is 1.71. The molecule has 0 fully saturated rings. The molecular formula is C4H7N2S+. The number of hydrogen-bond acceptors (Lipinski definition) is 2. The summed E-state index contributed by atoms with van der Waals surface area (Å²) in [6, 6.07) is 0. The minimum absolute atomic E-state index is 0.843. The van der Waals surface area contributed by atoms with E-state index < -0.39 is 0 Å². The van der Waals surface area contributed by atoms with E-state index in [0.29, 0.717) is 0 Å². The number of hydrogen-bond donors (Lipinski definition) is 0. The lowest BCUT2D eigenvalue weighted by molar-refractivity contribution is -0.431. The van der Waals surface area contributed by atoms with Crippen LogP contribution < -0.4 is 0 Å². The highest BCUT2D eigenvalue weighted by molar-refractivity contribution is 7.44.